The van der Waals surface area contributed by atoms with Crippen molar-refractivity contribution in [3.63, 3.8) is 0 Å². The maximum Gasteiger partial charge on any atom is 0.276 e. The van der Waals surface area contributed by atoms with Crippen LogP contribution in [0.2, 0.25) is 0 Å². The number of rotatable bonds is 6. The molecule has 1 amide bonds. The van der Waals surface area contributed by atoms with Gasteiger partial charge < -0.3 is 14.2 Å². The predicted molar refractivity (Wildman–Crippen MR) is 121 cm³/mol. The van der Waals surface area contributed by atoms with E-state index in [1.807, 2.05) is 56.3 Å². The third-order valence-corrected chi connectivity index (χ3v) is 7.69. The molecule has 0 bridgehead atoms. The van der Waals surface area contributed by atoms with Crippen LogP contribution in [0.25, 0.3) is 11.3 Å². The van der Waals surface area contributed by atoms with E-state index in [1.54, 1.807) is 18.1 Å². The molecule has 0 aliphatic carbocycles. The number of hydrogen-bond acceptors (Lipinski definition) is 6. The van der Waals surface area contributed by atoms with Gasteiger partial charge in [0.15, 0.2) is 21.3 Å². The van der Waals surface area contributed by atoms with Crippen molar-refractivity contribution in [2.45, 2.75) is 32.9 Å². The van der Waals surface area contributed by atoms with Gasteiger partial charge in [0.25, 0.3) is 5.91 Å². The third-order valence-electron chi connectivity index (χ3n) is 5.94. The Hall–Kier alpha value is -3.13. The van der Waals surface area contributed by atoms with E-state index < -0.39 is 15.9 Å². The molecule has 0 N–H and O–H groups in total. The second-order valence-electron chi connectivity index (χ2n) is 8.21. The zero-order chi connectivity index (χ0) is 22.9. The van der Waals surface area contributed by atoms with Gasteiger partial charge in [0, 0.05) is 24.2 Å². The molecule has 2 heterocycles. The monoisotopic (exact) mass is 454 g/mol. The summed E-state index contributed by atoms with van der Waals surface area (Å²) in [6, 6.07) is 14.5. The van der Waals surface area contributed by atoms with Crippen LogP contribution >= 0.6 is 0 Å². The molecule has 2 aromatic carbocycles. The van der Waals surface area contributed by atoms with Crippen molar-refractivity contribution in [1.29, 1.82) is 0 Å². The van der Waals surface area contributed by atoms with Gasteiger partial charge in [-0.25, -0.2) is 8.42 Å². The molecule has 7 nitrogen and oxygen atoms in total. The Labute approximate surface area is 187 Å². The summed E-state index contributed by atoms with van der Waals surface area (Å²) in [5, 5.41) is 4.01. The van der Waals surface area contributed by atoms with Gasteiger partial charge in [-0.05, 0) is 55.2 Å². The van der Waals surface area contributed by atoms with Crippen LogP contribution in [0.15, 0.2) is 53.1 Å². The standard InChI is InChI=1S/C24H26N2O5S/c1-16-4-7-19(12-17(16)2)23-13-22(25-31-23)24(27)26(20-10-11-32(28,29)15-20)14-18-5-8-21(30-3)9-6-18/h4-9,12-13,20H,10-11,14-15H2,1-3H3/t20-/m0/s1. The van der Waals surface area contributed by atoms with Crippen LogP contribution < -0.4 is 4.74 Å². The molecule has 168 valence electrons. The number of nitrogens with zero attached hydrogens (tertiary/aromatic N) is 2. The second kappa shape index (κ2) is 8.78. The molecule has 1 saturated heterocycles. The number of hydrogen-bond donors (Lipinski definition) is 0. The Morgan fingerprint density at radius 3 is 2.50 bits per heavy atom. The molecule has 0 spiro atoms. The van der Waals surface area contributed by atoms with Crippen molar-refractivity contribution in [3.8, 4) is 17.1 Å². The lowest BCUT2D eigenvalue weighted by Crippen LogP contribution is -2.40. The van der Waals surface area contributed by atoms with Crippen LogP contribution in [0.5, 0.6) is 5.75 Å². The van der Waals surface area contributed by atoms with Crippen molar-refractivity contribution in [1.82, 2.24) is 10.1 Å². The Bertz CT molecular complexity index is 1230. The largest absolute Gasteiger partial charge is 0.497 e. The molecule has 1 atom stereocenters. The molecule has 32 heavy (non-hydrogen) atoms. The maximum absolute atomic E-state index is 13.4. The molecule has 0 unspecified atom stereocenters. The normalized spacial score (nSPS) is 17.3. The minimum absolute atomic E-state index is 0.0449. The lowest BCUT2D eigenvalue weighted by Gasteiger charge is -2.27. The molecule has 1 aromatic heterocycles. The lowest BCUT2D eigenvalue weighted by atomic mass is 10.0. The number of sulfone groups is 1. The van der Waals surface area contributed by atoms with E-state index in [2.05, 4.69) is 5.16 Å². The molecule has 3 aromatic rings. The zero-order valence-corrected chi connectivity index (χ0v) is 19.2. The van der Waals surface area contributed by atoms with E-state index in [0.29, 0.717) is 17.9 Å². The van der Waals surface area contributed by atoms with Gasteiger partial charge in [0.1, 0.15) is 5.75 Å². The summed E-state index contributed by atoms with van der Waals surface area (Å²) in [5.41, 5.74) is 4.16. The number of carbonyl (C=O) groups excluding carboxylic acids is 1. The van der Waals surface area contributed by atoms with Crippen molar-refractivity contribution < 1.29 is 22.5 Å². The highest BCUT2D eigenvalue weighted by Gasteiger charge is 2.36. The number of benzene rings is 2. The van der Waals surface area contributed by atoms with Crippen LogP contribution in [0, 0.1) is 13.8 Å². The van der Waals surface area contributed by atoms with E-state index in [4.69, 9.17) is 9.26 Å². The van der Waals surface area contributed by atoms with Crippen LogP contribution in [0.4, 0.5) is 0 Å². The van der Waals surface area contributed by atoms with Gasteiger partial charge in [-0.2, -0.15) is 0 Å². The molecule has 4 rings (SSSR count). The fourth-order valence-corrected chi connectivity index (χ4v) is 5.60. The summed E-state index contributed by atoms with van der Waals surface area (Å²) in [7, 11) is -1.57. The molecular weight excluding hydrogens is 428 g/mol. The first-order valence-corrected chi connectivity index (χ1v) is 12.3. The number of ether oxygens (including phenoxy) is 1. The first-order chi connectivity index (χ1) is 15.3. The Morgan fingerprint density at radius 1 is 1.12 bits per heavy atom. The number of aryl methyl sites for hydroxylation is 2. The smallest absolute Gasteiger partial charge is 0.276 e. The van der Waals surface area contributed by atoms with Crippen LogP contribution in [-0.2, 0) is 16.4 Å². The number of carbonyl (C=O) groups is 1. The van der Waals surface area contributed by atoms with E-state index in [0.717, 1.165) is 22.3 Å². The van der Waals surface area contributed by atoms with Gasteiger partial charge in [-0.3, -0.25) is 4.79 Å². The second-order valence-corrected chi connectivity index (χ2v) is 10.4. The van der Waals surface area contributed by atoms with Gasteiger partial charge in [-0.15, -0.1) is 0 Å². The zero-order valence-electron chi connectivity index (χ0n) is 18.4. The molecule has 1 fully saturated rings. The van der Waals surface area contributed by atoms with Gasteiger partial charge in [-0.1, -0.05) is 29.4 Å². The predicted octanol–water partition coefficient (Wildman–Crippen LogP) is 3.80. The van der Waals surface area contributed by atoms with Gasteiger partial charge >= 0.3 is 0 Å². The summed E-state index contributed by atoms with van der Waals surface area (Å²) in [6.07, 6.45) is 0.409. The summed E-state index contributed by atoms with van der Waals surface area (Å²) in [6.45, 7) is 4.31. The molecule has 1 aliphatic heterocycles. The highest BCUT2D eigenvalue weighted by atomic mass is 32.2. The van der Waals surface area contributed by atoms with Crippen molar-refractivity contribution >= 4 is 15.7 Å². The summed E-state index contributed by atoms with van der Waals surface area (Å²) >= 11 is 0. The Balaban J connectivity index is 1.62. The number of amides is 1. The van der Waals surface area contributed by atoms with E-state index in [-0.39, 0.29) is 29.7 Å². The Kier molecular flexibility index (Phi) is 6.06. The van der Waals surface area contributed by atoms with Crippen molar-refractivity contribution in [2.24, 2.45) is 0 Å². The maximum atomic E-state index is 13.4. The van der Waals surface area contributed by atoms with Crippen molar-refractivity contribution in [3.05, 3.63) is 70.9 Å². The van der Waals surface area contributed by atoms with E-state index in [9.17, 15) is 13.2 Å². The van der Waals surface area contributed by atoms with Crippen LogP contribution in [-0.4, -0.2) is 49.0 Å². The van der Waals surface area contributed by atoms with E-state index in [1.165, 1.54) is 0 Å². The van der Waals surface area contributed by atoms with Gasteiger partial charge in [0.2, 0.25) is 0 Å². The highest BCUT2D eigenvalue weighted by Crippen LogP contribution is 2.26. The SMILES string of the molecule is COc1ccc(CN(C(=O)c2cc(-c3ccc(C)c(C)c3)on2)[C@H]2CCS(=O)(=O)C2)cc1. The minimum Gasteiger partial charge on any atom is -0.497 e. The lowest BCUT2D eigenvalue weighted by molar-refractivity contribution is 0.0670. The summed E-state index contributed by atoms with van der Waals surface area (Å²) in [4.78, 5) is 15.0. The summed E-state index contributed by atoms with van der Waals surface area (Å²) in [5.74, 6) is 0.902. The minimum atomic E-state index is -3.16. The fraction of sp³-hybridized carbons (Fsp3) is 0.333. The van der Waals surface area contributed by atoms with Crippen molar-refractivity contribution in [2.75, 3.05) is 18.6 Å². The molecule has 8 heteroatoms. The molecule has 0 radical (unpaired) electrons. The van der Waals surface area contributed by atoms with Gasteiger partial charge in [0.05, 0.1) is 18.6 Å². The van der Waals surface area contributed by atoms with Crippen LogP contribution in [0.1, 0.15) is 33.6 Å². The molecule has 1 aliphatic rings. The third kappa shape index (κ3) is 4.70. The highest BCUT2D eigenvalue weighted by molar-refractivity contribution is 7.91. The fourth-order valence-electron chi connectivity index (χ4n) is 3.87. The average Bonchev–Trinajstić information content (AvgIpc) is 3.40. The number of methoxy groups -OCH3 is 1. The number of aromatic nitrogens is 1. The molecule has 0 saturated carbocycles. The Morgan fingerprint density at radius 2 is 1.88 bits per heavy atom. The topological polar surface area (TPSA) is 89.7 Å². The molecular formula is C24H26N2O5S. The summed E-state index contributed by atoms with van der Waals surface area (Å²) < 4.78 is 34.9. The van der Waals surface area contributed by atoms with Crippen LogP contribution in [0.3, 0.4) is 0 Å². The first-order valence-electron chi connectivity index (χ1n) is 10.4. The average molecular weight is 455 g/mol. The first kappa shape index (κ1) is 22.1. The quantitative estimate of drug-likeness (QED) is 0.563. The van der Waals surface area contributed by atoms with E-state index >= 15 is 0 Å².